The Hall–Kier alpha value is -2.54. The summed E-state index contributed by atoms with van der Waals surface area (Å²) in [5.41, 5.74) is 1.17. The minimum atomic E-state index is -1.47. The fourth-order valence-corrected chi connectivity index (χ4v) is 1.51. The number of hydrogen-bond donors (Lipinski definition) is 1. The Morgan fingerprint density at radius 1 is 1.44 bits per heavy atom. The zero-order chi connectivity index (χ0) is 11.5. The van der Waals surface area contributed by atoms with Gasteiger partial charge in [-0.15, -0.1) is 0 Å². The van der Waals surface area contributed by atoms with E-state index >= 15 is 0 Å². The van der Waals surface area contributed by atoms with Gasteiger partial charge < -0.3 is 14.9 Å². The molecule has 4 heteroatoms. The number of fused-ring (bicyclic) bond motifs is 1. The van der Waals surface area contributed by atoms with Crippen molar-refractivity contribution < 1.29 is 9.90 Å². The van der Waals surface area contributed by atoms with Crippen LogP contribution in [0.1, 0.15) is 5.56 Å². The van der Waals surface area contributed by atoms with E-state index in [9.17, 15) is 9.90 Å². The predicted molar refractivity (Wildman–Crippen MR) is 56.9 cm³/mol. The first kappa shape index (κ1) is 9.99. The van der Waals surface area contributed by atoms with Crippen LogP contribution in [-0.2, 0) is 4.79 Å². The van der Waals surface area contributed by atoms with Gasteiger partial charge in [0.15, 0.2) is 0 Å². The number of carboxylic acids is 1. The SMILES string of the molecule is N#C/C(=C\c1c[nH]c2ccccc12)C(=O)[O-]. The number of para-hydroxylation sites is 1. The zero-order valence-electron chi connectivity index (χ0n) is 8.23. The fraction of sp³-hybridized carbons (Fsp3) is 0. The lowest BCUT2D eigenvalue weighted by Gasteiger charge is -1.97. The number of H-pyrrole nitrogens is 1. The number of aliphatic carboxylic acids is 1. The third-order valence-electron chi connectivity index (χ3n) is 2.26. The average Bonchev–Trinajstić information content (AvgIpc) is 2.69. The molecule has 0 radical (unpaired) electrons. The summed E-state index contributed by atoms with van der Waals surface area (Å²) >= 11 is 0. The van der Waals surface area contributed by atoms with Gasteiger partial charge in [0.25, 0.3) is 0 Å². The maximum Gasteiger partial charge on any atom is 0.101 e. The molecule has 0 aliphatic rings. The third-order valence-corrected chi connectivity index (χ3v) is 2.26. The molecular formula is C12H7N2O2-. The van der Waals surface area contributed by atoms with Crippen molar-refractivity contribution in [3.63, 3.8) is 0 Å². The summed E-state index contributed by atoms with van der Waals surface area (Å²) in [4.78, 5) is 13.6. The van der Waals surface area contributed by atoms with Gasteiger partial charge in [-0.05, 0) is 12.1 Å². The van der Waals surface area contributed by atoms with Crippen LogP contribution in [0.3, 0.4) is 0 Å². The molecule has 0 atom stereocenters. The molecule has 16 heavy (non-hydrogen) atoms. The van der Waals surface area contributed by atoms with Crippen LogP contribution >= 0.6 is 0 Å². The highest BCUT2D eigenvalue weighted by molar-refractivity contribution is 5.99. The second-order valence-electron chi connectivity index (χ2n) is 3.25. The molecule has 1 N–H and O–H groups in total. The lowest BCUT2D eigenvalue weighted by molar-refractivity contribution is -0.298. The average molecular weight is 211 g/mol. The number of aromatic nitrogens is 1. The molecule has 1 aromatic carbocycles. The summed E-state index contributed by atoms with van der Waals surface area (Å²) in [5.74, 6) is -1.47. The molecule has 0 aliphatic carbocycles. The van der Waals surface area contributed by atoms with Crippen LogP contribution in [0.4, 0.5) is 0 Å². The van der Waals surface area contributed by atoms with Crippen molar-refractivity contribution in [3.05, 3.63) is 41.6 Å². The van der Waals surface area contributed by atoms with Gasteiger partial charge in [-0.1, -0.05) is 18.2 Å². The molecule has 4 nitrogen and oxygen atoms in total. The molecule has 0 bridgehead atoms. The Kier molecular flexibility index (Phi) is 2.44. The number of nitrogens with zero attached hydrogens (tertiary/aromatic N) is 1. The molecule has 1 aromatic heterocycles. The second-order valence-corrected chi connectivity index (χ2v) is 3.25. The maximum atomic E-state index is 10.6. The van der Waals surface area contributed by atoms with Crippen molar-refractivity contribution >= 4 is 22.9 Å². The standard InChI is InChI=1S/C12H8N2O2/c13-6-8(12(15)16)5-9-7-14-11-4-2-1-3-10(9)11/h1-5,7,14H,(H,15,16)/p-1/b8-5+. The number of benzene rings is 1. The number of carbonyl (C=O) groups is 1. The Labute approximate surface area is 91.4 Å². The molecule has 0 amide bonds. The molecule has 0 unspecified atom stereocenters. The van der Waals surface area contributed by atoms with Gasteiger partial charge in [-0.3, -0.25) is 0 Å². The van der Waals surface area contributed by atoms with E-state index in [0.29, 0.717) is 5.56 Å². The van der Waals surface area contributed by atoms with Crippen molar-refractivity contribution in [2.75, 3.05) is 0 Å². The third kappa shape index (κ3) is 1.66. The first-order valence-electron chi connectivity index (χ1n) is 4.61. The minimum Gasteiger partial charge on any atom is -0.544 e. The Morgan fingerprint density at radius 2 is 2.19 bits per heavy atom. The Balaban J connectivity index is 2.57. The van der Waals surface area contributed by atoms with Crippen molar-refractivity contribution in [2.45, 2.75) is 0 Å². The van der Waals surface area contributed by atoms with Crippen LogP contribution in [0.5, 0.6) is 0 Å². The van der Waals surface area contributed by atoms with E-state index in [4.69, 9.17) is 5.26 Å². The monoisotopic (exact) mass is 211 g/mol. The number of aromatic amines is 1. The molecule has 0 saturated carbocycles. The van der Waals surface area contributed by atoms with E-state index in [0.717, 1.165) is 10.9 Å². The van der Waals surface area contributed by atoms with E-state index in [1.807, 2.05) is 24.3 Å². The van der Waals surface area contributed by atoms with E-state index in [1.165, 1.54) is 6.08 Å². The lowest BCUT2D eigenvalue weighted by atomic mass is 10.1. The summed E-state index contributed by atoms with van der Waals surface area (Å²) < 4.78 is 0. The fourth-order valence-electron chi connectivity index (χ4n) is 1.51. The summed E-state index contributed by atoms with van der Waals surface area (Å²) in [5, 5.41) is 20.1. The second kappa shape index (κ2) is 3.91. The lowest BCUT2D eigenvalue weighted by Crippen LogP contribution is -2.23. The molecule has 0 spiro atoms. The van der Waals surface area contributed by atoms with Gasteiger partial charge in [-0.2, -0.15) is 5.26 Å². The van der Waals surface area contributed by atoms with Crippen molar-refractivity contribution in [1.29, 1.82) is 5.26 Å². The van der Waals surface area contributed by atoms with Crippen molar-refractivity contribution in [3.8, 4) is 6.07 Å². The number of carbonyl (C=O) groups excluding carboxylic acids is 1. The summed E-state index contributed by atoms with van der Waals surface area (Å²) in [7, 11) is 0. The highest BCUT2D eigenvalue weighted by Gasteiger charge is 2.02. The van der Waals surface area contributed by atoms with Crippen LogP contribution in [0.25, 0.3) is 17.0 Å². The smallest absolute Gasteiger partial charge is 0.101 e. The minimum absolute atomic E-state index is 0.384. The molecule has 0 saturated heterocycles. The Bertz CT molecular complexity index is 617. The number of carboxylic acid groups (broad SMARTS) is 1. The summed E-state index contributed by atoms with van der Waals surface area (Å²) in [6.07, 6.45) is 2.96. The normalized spacial score (nSPS) is 11.3. The number of nitrogens with one attached hydrogen (secondary N) is 1. The van der Waals surface area contributed by atoms with Gasteiger partial charge in [0.1, 0.15) is 6.07 Å². The van der Waals surface area contributed by atoms with Crippen LogP contribution in [-0.4, -0.2) is 11.0 Å². The predicted octanol–water partition coefficient (Wildman–Crippen LogP) is 0.825. The summed E-state index contributed by atoms with van der Waals surface area (Å²) in [6, 6.07) is 9.03. The van der Waals surface area contributed by atoms with Gasteiger partial charge in [0.2, 0.25) is 0 Å². The molecule has 2 rings (SSSR count). The van der Waals surface area contributed by atoms with Crippen LogP contribution in [0, 0.1) is 11.3 Å². The quantitative estimate of drug-likeness (QED) is 0.590. The van der Waals surface area contributed by atoms with E-state index in [2.05, 4.69) is 4.98 Å². The van der Waals surface area contributed by atoms with Crippen LogP contribution in [0.2, 0.25) is 0 Å². The van der Waals surface area contributed by atoms with E-state index in [1.54, 1.807) is 12.3 Å². The van der Waals surface area contributed by atoms with Crippen molar-refractivity contribution in [2.24, 2.45) is 0 Å². The maximum absolute atomic E-state index is 10.6. The van der Waals surface area contributed by atoms with E-state index < -0.39 is 5.97 Å². The molecule has 78 valence electrons. The van der Waals surface area contributed by atoms with Crippen LogP contribution < -0.4 is 5.11 Å². The largest absolute Gasteiger partial charge is 0.544 e. The first-order chi connectivity index (χ1) is 7.72. The van der Waals surface area contributed by atoms with Gasteiger partial charge in [0, 0.05) is 22.7 Å². The van der Waals surface area contributed by atoms with Gasteiger partial charge in [-0.25, -0.2) is 0 Å². The number of nitriles is 1. The molecule has 2 aromatic rings. The first-order valence-corrected chi connectivity index (χ1v) is 4.61. The Morgan fingerprint density at radius 3 is 2.88 bits per heavy atom. The number of hydrogen-bond acceptors (Lipinski definition) is 3. The van der Waals surface area contributed by atoms with Gasteiger partial charge in [0.05, 0.1) is 11.5 Å². The van der Waals surface area contributed by atoms with Gasteiger partial charge >= 0.3 is 0 Å². The molecule has 0 aliphatic heterocycles. The summed E-state index contributed by atoms with van der Waals surface area (Å²) in [6.45, 7) is 0. The number of rotatable bonds is 2. The molecule has 0 fully saturated rings. The molecular weight excluding hydrogens is 204 g/mol. The molecule has 1 heterocycles. The van der Waals surface area contributed by atoms with Crippen LogP contribution in [0.15, 0.2) is 36.0 Å². The van der Waals surface area contributed by atoms with Crippen molar-refractivity contribution in [1.82, 2.24) is 4.98 Å². The van der Waals surface area contributed by atoms with E-state index in [-0.39, 0.29) is 5.57 Å². The highest BCUT2D eigenvalue weighted by atomic mass is 16.4. The highest BCUT2D eigenvalue weighted by Crippen LogP contribution is 2.19. The topological polar surface area (TPSA) is 79.7 Å². The zero-order valence-corrected chi connectivity index (χ0v) is 8.23.